The van der Waals surface area contributed by atoms with E-state index in [4.69, 9.17) is 0 Å². The minimum atomic E-state index is -0.0780. The molecule has 1 fully saturated rings. The van der Waals surface area contributed by atoms with Gasteiger partial charge in [0.05, 0.1) is 29.5 Å². The number of hydrogen-bond donors (Lipinski definition) is 1. The number of nitrogens with zero attached hydrogens (tertiary/aromatic N) is 4. The summed E-state index contributed by atoms with van der Waals surface area (Å²) in [7, 11) is 0. The second kappa shape index (κ2) is 8.22. The van der Waals surface area contributed by atoms with Crippen LogP contribution in [0.3, 0.4) is 0 Å². The molecule has 0 spiro atoms. The zero-order valence-corrected chi connectivity index (χ0v) is 15.2. The van der Waals surface area contributed by atoms with Crippen LogP contribution in [-0.4, -0.2) is 44.9 Å². The van der Waals surface area contributed by atoms with Gasteiger partial charge in [-0.05, 0) is 56.6 Å². The predicted octanol–water partition coefficient (Wildman–Crippen LogP) is 2.81. The fourth-order valence-corrected chi connectivity index (χ4v) is 3.55. The lowest BCUT2D eigenvalue weighted by Crippen LogP contribution is -2.41. The first kappa shape index (κ1) is 17.5. The molecule has 4 rings (SSSR count). The Hall–Kier alpha value is -2.86. The molecule has 0 aliphatic carbocycles. The summed E-state index contributed by atoms with van der Waals surface area (Å²) in [6, 6.07) is 13.6. The fourth-order valence-electron chi connectivity index (χ4n) is 3.55. The average molecular weight is 361 g/mol. The van der Waals surface area contributed by atoms with Gasteiger partial charge in [-0.25, -0.2) is 4.98 Å². The first-order valence-corrected chi connectivity index (χ1v) is 9.44. The Morgan fingerprint density at radius 3 is 2.74 bits per heavy atom. The normalized spacial score (nSPS) is 17.4. The lowest BCUT2D eigenvalue weighted by molar-refractivity contribution is 0.0636. The summed E-state index contributed by atoms with van der Waals surface area (Å²) in [4.78, 5) is 28.7. The van der Waals surface area contributed by atoms with Crippen molar-refractivity contribution >= 4 is 16.9 Å². The van der Waals surface area contributed by atoms with Crippen molar-refractivity contribution in [2.75, 3.05) is 13.1 Å². The Kier molecular flexibility index (Phi) is 5.34. The van der Waals surface area contributed by atoms with Crippen LogP contribution in [0.4, 0.5) is 0 Å². The van der Waals surface area contributed by atoms with E-state index in [9.17, 15) is 4.79 Å². The lowest BCUT2D eigenvalue weighted by atomic mass is 10.1. The van der Waals surface area contributed by atoms with Gasteiger partial charge in [-0.3, -0.25) is 14.8 Å². The molecule has 0 bridgehead atoms. The number of para-hydroxylation sites is 2. The van der Waals surface area contributed by atoms with Gasteiger partial charge in [-0.15, -0.1) is 0 Å². The maximum Gasteiger partial charge on any atom is 0.274 e. The van der Waals surface area contributed by atoms with Gasteiger partial charge in [-0.2, -0.15) is 0 Å². The van der Waals surface area contributed by atoms with E-state index in [1.807, 2.05) is 47.4 Å². The van der Waals surface area contributed by atoms with Crippen LogP contribution in [0, 0.1) is 0 Å². The van der Waals surface area contributed by atoms with Gasteiger partial charge >= 0.3 is 0 Å². The number of pyridine rings is 1. The minimum absolute atomic E-state index is 0.0780. The largest absolute Gasteiger partial charge is 0.328 e. The quantitative estimate of drug-likeness (QED) is 0.774. The summed E-state index contributed by atoms with van der Waals surface area (Å²) in [5.74, 6) is -0.0780. The van der Waals surface area contributed by atoms with Gasteiger partial charge in [0.25, 0.3) is 5.91 Å². The summed E-state index contributed by atoms with van der Waals surface area (Å²) in [5.41, 5.74) is 2.81. The molecule has 0 saturated carbocycles. The zero-order valence-electron chi connectivity index (χ0n) is 15.2. The Morgan fingerprint density at radius 2 is 1.89 bits per heavy atom. The molecule has 6 nitrogen and oxygen atoms in total. The third-order valence-electron chi connectivity index (χ3n) is 4.97. The third kappa shape index (κ3) is 4.11. The first-order chi connectivity index (χ1) is 13.3. The number of aromatic nitrogens is 3. The summed E-state index contributed by atoms with van der Waals surface area (Å²) >= 11 is 0. The Balaban J connectivity index is 1.65. The minimum Gasteiger partial charge on any atom is -0.328 e. The molecule has 1 amide bonds. The summed E-state index contributed by atoms with van der Waals surface area (Å²) in [6.07, 6.45) is 6.32. The Labute approximate surface area is 158 Å². The molecular formula is C21H23N5O. The van der Waals surface area contributed by atoms with Crippen LogP contribution in [0.1, 0.15) is 35.4 Å². The zero-order chi connectivity index (χ0) is 18.5. The number of carbonyl (C=O) groups is 1. The van der Waals surface area contributed by atoms with Gasteiger partial charge < -0.3 is 10.2 Å². The molecule has 0 radical (unpaired) electrons. The molecule has 1 N–H and O–H groups in total. The second-order valence-corrected chi connectivity index (χ2v) is 6.83. The molecule has 6 heteroatoms. The average Bonchev–Trinajstić information content (AvgIpc) is 3.01. The Bertz CT molecular complexity index is 907. The number of fused-ring (bicyclic) bond motifs is 1. The predicted molar refractivity (Wildman–Crippen MR) is 104 cm³/mol. The molecule has 3 heterocycles. The van der Waals surface area contributed by atoms with E-state index >= 15 is 0 Å². The van der Waals surface area contributed by atoms with E-state index < -0.39 is 0 Å². The van der Waals surface area contributed by atoms with E-state index in [2.05, 4.69) is 20.3 Å². The van der Waals surface area contributed by atoms with Crippen molar-refractivity contribution in [3.63, 3.8) is 0 Å². The van der Waals surface area contributed by atoms with Crippen molar-refractivity contribution in [1.29, 1.82) is 0 Å². The highest BCUT2D eigenvalue weighted by Gasteiger charge is 2.27. The summed E-state index contributed by atoms with van der Waals surface area (Å²) < 4.78 is 0. The molecule has 3 aromatic rings. The van der Waals surface area contributed by atoms with Crippen molar-refractivity contribution < 1.29 is 4.79 Å². The number of hydrogen-bond acceptors (Lipinski definition) is 5. The smallest absolute Gasteiger partial charge is 0.274 e. The number of rotatable bonds is 4. The van der Waals surface area contributed by atoms with Crippen LogP contribution in [0.5, 0.6) is 0 Å². The standard InChI is InChI=1S/C21H23N5O/c27-21(20-14-24-18-8-1-2-9-19(18)25-20)26(15-16-6-3-4-12-23-16)17-7-5-11-22-13-10-17/h1-4,6,8-9,12,14,17,22H,5,7,10-11,13,15H2. The third-order valence-corrected chi connectivity index (χ3v) is 4.97. The van der Waals surface area contributed by atoms with E-state index in [-0.39, 0.29) is 11.9 Å². The maximum atomic E-state index is 13.4. The topological polar surface area (TPSA) is 71.0 Å². The van der Waals surface area contributed by atoms with Crippen LogP contribution in [-0.2, 0) is 6.54 Å². The van der Waals surface area contributed by atoms with E-state index in [0.29, 0.717) is 12.2 Å². The van der Waals surface area contributed by atoms with E-state index in [0.717, 1.165) is 49.1 Å². The molecule has 1 aromatic carbocycles. The lowest BCUT2D eigenvalue weighted by Gasteiger charge is -2.30. The molecular weight excluding hydrogens is 338 g/mol. The van der Waals surface area contributed by atoms with Crippen LogP contribution in [0.2, 0.25) is 0 Å². The van der Waals surface area contributed by atoms with Crippen LogP contribution < -0.4 is 5.32 Å². The SMILES string of the molecule is O=C(c1cnc2ccccc2n1)N(Cc1ccccn1)C1CCCNCC1. The fraction of sp³-hybridized carbons (Fsp3) is 0.333. The van der Waals surface area contributed by atoms with Crippen molar-refractivity contribution in [1.82, 2.24) is 25.2 Å². The highest BCUT2D eigenvalue weighted by molar-refractivity contribution is 5.94. The molecule has 2 aromatic heterocycles. The molecule has 138 valence electrons. The molecule has 1 aliphatic rings. The molecule has 1 unspecified atom stereocenters. The van der Waals surface area contributed by atoms with E-state index in [1.54, 1.807) is 12.4 Å². The molecule has 1 saturated heterocycles. The van der Waals surface area contributed by atoms with E-state index in [1.165, 1.54) is 0 Å². The summed E-state index contributed by atoms with van der Waals surface area (Å²) in [5, 5.41) is 3.42. The number of benzene rings is 1. The first-order valence-electron chi connectivity index (χ1n) is 9.44. The van der Waals surface area contributed by atoms with Gasteiger partial charge in [0.1, 0.15) is 5.69 Å². The van der Waals surface area contributed by atoms with Crippen molar-refractivity contribution in [2.24, 2.45) is 0 Å². The summed E-state index contributed by atoms with van der Waals surface area (Å²) in [6.45, 7) is 2.40. The number of nitrogens with one attached hydrogen (secondary N) is 1. The van der Waals surface area contributed by atoms with Crippen molar-refractivity contribution in [3.05, 3.63) is 66.2 Å². The Morgan fingerprint density at radius 1 is 1.04 bits per heavy atom. The van der Waals surface area contributed by atoms with Crippen molar-refractivity contribution in [3.8, 4) is 0 Å². The van der Waals surface area contributed by atoms with Crippen LogP contribution in [0.25, 0.3) is 11.0 Å². The maximum absolute atomic E-state index is 13.4. The van der Waals surface area contributed by atoms with Crippen molar-refractivity contribution in [2.45, 2.75) is 31.8 Å². The molecule has 1 atom stereocenters. The van der Waals surface area contributed by atoms with Gasteiger partial charge in [0.2, 0.25) is 0 Å². The van der Waals surface area contributed by atoms with Crippen LogP contribution >= 0.6 is 0 Å². The van der Waals surface area contributed by atoms with Gasteiger partial charge in [-0.1, -0.05) is 18.2 Å². The molecule has 1 aliphatic heterocycles. The number of carbonyl (C=O) groups excluding carboxylic acids is 1. The molecule has 27 heavy (non-hydrogen) atoms. The highest BCUT2D eigenvalue weighted by atomic mass is 16.2. The van der Waals surface area contributed by atoms with Gasteiger partial charge in [0, 0.05) is 12.2 Å². The highest BCUT2D eigenvalue weighted by Crippen LogP contribution is 2.19. The van der Waals surface area contributed by atoms with Crippen LogP contribution in [0.15, 0.2) is 54.9 Å². The monoisotopic (exact) mass is 361 g/mol. The number of amides is 1. The second-order valence-electron chi connectivity index (χ2n) is 6.83. The van der Waals surface area contributed by atoms with Gasteiger partial charge in [0.15, 0.2) is 0 Å².